The summed E-state index contributed by atoms with van der Waals surface area (Å²) in [6.07, 6.45) is -0.779. The van der Waals surface area contributed by atoms with E-state index in [1.54, 1.807) is 0 Å². The first kappa shape index (κ1) is 10.5. The van der Waals surface area contributed by atoms with E-state index in [-0.39, 0.29) is 17.9 Å². The summed E-state index contributed by atoms with van der Waals surface area (Å²) >= 11 is 0. The molecule has 1 rings (SSSR count). The summed E-state index contributed by atoms with van der Waals surface area (Å²) in [5.74, 6) is -1.93. The lowest BCUT2D eigenvalue weighted by Gasteiger charge is -2.24. The monoisotopic (exact) mass is 208 g/mol. The van der Waals surface area contributed by atoms with Crippen LogP contribution >= 0.6 is 0 Å². The van der Waals surface area contributed by atoms with E-state index in [4.69, 9.17) is 0 Å². The number of hydrogen-bond acceptors (Lipinski definition) is 5. The molecular formula is C7H12O5S. The van der Waals surface area contributed by atoms with Crippen LogP contribution in [0.25, 0.3) is 0 Å². The number of aliphatic hydroxyl groups is 1. The van der Waals surface area contributed by atoms with Gasteiger partial charge < -0.3 is 9.84 Å². The van der Waals surface area contributed by atoms with Gasteiger partial charge in [0.1, 0.15) is 0 Å². The molecule has 1 aliphatic rings. The summed E-state index contributed by atoms with van der Waals surface area (Å²) in [5, 5.41) is 9.34. The quantitative estimate of drug-likeness (QED) is 0.556. The Morgan fingerprint density at radius 1 is 1.54 bits per heavy atom. The zero-order valence-electron chi connectivity index (χ0n) is 7.26. The smallest absolute Gasteiger partial charge is 0.312 e. The average molecular weight is 208 g/mol. The van der Waals surface area contributed by atoms with Crippen molar-refractivity contribution in [2.45, 2.75) is 12.5 Å². The molecule has 13 heavy (non-hydrogen) atoms. The fourth-order valence-corrected chi connectivity index (χ4v) is 3.02. The molecule has 1 heterocycles. The van der Waals surface area contributed by atoms with E-state index in [1.807, 2.05) is 0 Å². The van der Waals surface area contributed by atoms with Crippen molar-refractivity contribution in [2.24, 2.45) is 5.92 Å². The maximum Gasteiger partial charge on any atom is 0.312 e. The fourth-order valence-electron chi connectivity index (χ4n) is 1.35. The highest BCUT2D eigenvalue weighted by molar-refractivity contribution is 7.91. The number of carbonyl (C=O) groups is 1. The number of esters is 1. The first-order chi connectivity index (χ1) is 5.96. The molecule has 2 unspecified atom stereocenters. The largest absolute Gasteiger partial charge is 0.469 e. The molecule has 0 spiro atoms. The van der Waals surface area contributed by atoms with Gasteiger partial charge in [-0.25, -0.2) is 8.42 Å². The van der Waals surface area contributed by atoms with Crippen LogP contribution in [0.1, 0.15) is 6.42 Å². The second-order valence-electron chi connectivity index (χ2n) is 3.10. The van der Waals surface area contributed by atoms with Crippen LogP contribution in [0, 0.1) is 5.92 Å². The topological polar surface area (TPSA) is 80.7 Å². The van der Waals surface area contributed by atoms with Gasteiger partial charge in [-0.2, -0.15) is 0 Å². The van der Waals surface area contributed by atoms with Crippen molar-refractivity contribution in [3.8, 4) is 0 Å². The first-order valence-corrected chi connectivity index (χ1v) is 5.75. The van der Waals surface area contributed by atoms with Crippen LogP contribution in [0.2, 0.25) is 0 Å². The molecule has 76 valence electrons. The number of rotatable bonds is 1. The van der Waals surface area contributed by atoms with Gasteiger partial charge in [-0.05, 0) is 6.42 Å². The maximum atomic E-state index is 11.1. The molecule has 0 radical (unpaired) electrons. The third kappa shape index (κ3) is 2.41. The molecule has 2 atom stereocenters. The number of ether oxygens (including phenoxy) is 1. The number of sulfone groups is 1. The van der Waals surface area contributed by atoms with E-state index >= 15 is 0 Å². The van der Waals surface area contributed by atoms with Gasteiger partial charge in [-0.3, -0.25) is 4.79 Å². The van der Waals surface area contributed by atoms with Crippen LogP contribution in [0.5, 0.6) is 0 Å². The van der Waals surface area contributed by atoms with Crippen LogP contribution < -0.4 is 0 Å². The number of hydrogen-bond donors (Lipinski definition) is 1. The van der Waals surface area contributed by atoms with Crippen LogP contribution in [0.15, 0.2) is 0 Å². The second kappa shape index (κ2) is 3.63. The molecule has 1 aliphatic heterocycles. The zero-order chi connectivity index (χ0) is 10.1. The van der Waals surface area contributed by atoms with Gasteiger partial charge in [0.05, 0.1) is 30.6 Å². The normalized spacial score (nSPS) is 32.5. The van der Waals surface area contributed by atoms with Gasteiger partial charge in [-0.15, -0.1) is 0 Å². The van der Waals surface area contributed by atoms with Crippen LogP contribution in [0.3, 0.4) is 0 Å². The predicted octanol–water partition coefficient (Wildman–Crippen LogP) is -1.04. The van der Waals surface area contributed by atoms with E-state index in [1.165, 1.54) is 7.11 Å². The van der Waals surface area contributed by atoms with Gasteiger partial charge in [-0.1, -0.05) is 0 Å². The molecular weight excluding hydrogens is 196 g/mol. The van der Waals surface area contributed by atoms with Crippen molar-refractivity contribution in [1.29, 1.82) is 0 Å². The van der Waals surface area contributed by atoms with Crippen molar-refractivity contribution < 1.29 is 23.1 Å². The Hall–Kier alpha value is -0.620. The average Bonchev–Trinajstić information content (AvgIpc) is 2.08. The molecule has 0 aromatic carbocycles. The van der Waals surface area contributed by atoms with Crippen molar-refractivity contribution in [3.05, 3.63) is 0 Å². The molecule has 0 aliphatic carbocycles. The minimum Gasteiger partial charge on any atom is -0.469 e. The van der Waals surface area contributed by atoms with E-state index in [9.17, 15) is 18.3 Å². The highest BCUT2D eigenvalue weighted by Gasteiger charge is 2.37. The molecule has 0 aromatic rings. The molecule has 0 saturated carbocycles. The highest BCUT2D eigenvalue weighted by atomic mass is 32.2. The number of aliphatic hydroxyl groups excluding tert-OH is 1. The summed E-state index contributed by atoms with van der Waals surface area (Å²) in [4.78, 5) is 11.0. The fraction of sp³-hybridized carbons (Fsp3) is 0.857. The minimum absolute atomic E-state index is 0.0539. The minimum atomic E-state index is -3.18. The van der Waals surface area contributed by atoms with Crippen molar-refractivity contribution in [3.63, 3.8) is 0 Å². The van der Waals surface area contributed by atoms with E-state index in [0.29, 0.717) is 0 Å². The lowest BCUT2D eigenvalue weighted by Crippen LogP contribution is -2.41. The summed E-state index contributed by atoms with van der Waals surface area (Å²) in [7, 11) is -2.00. The van der Waals surface area contributed by atoms with Gasteiger partial charge in [0.25, 0.3) is 0 Å². The second-order valence-corrected chi connectivity index (χ2v) is 5.33. The van der Waals surface area contributed by atoms with Gasteiger partial charge in [0.2, 0.25) is 0 Å². The SMILES string of the molecule is COC(=O)C1CS(=O)(=O)CCC1O. The Kier molecular flexibility index (Phi) is 2.92. The van der Waals surface area contributed by atoms with Gasteiger partial charge in [0, 0.05) is 0 Å². The van der Waals surface area contributed by atoms with Crippen molar-refractivity contribution in [2.75, 3.05) is 18.6 Å². The Bertz CT molecular complexity index is 294. The van der Waals surface area contributed by atoms with E-state index in [2.05, 4.69) is 4.74 Å². The number of methoxy groups -OCH3 is 1. The Labute approximate surface area is 76.6 Å². The van der Waals surface area contributed by atoms with Crippen LogP contribution in [-0.2, 0) is 19.4 Å². The summed E-state index contributed by atoms with van der Waals surface area (Å²) in [6, 6.07) is 0. The van der Waals surface area contributed by atoms with E-state index in [0.717, 1.165) is 0 Å². The summed E-state index contributed by atoms with van der Waals surface area (Å²) in [6.45, 7) is 0. The standard InChI is InChI=1S/C7H12O5S/c1-12-7(9)5-4-13(10,11)3-2-6(5)8/h5-6,8H,2-4H2,1H3. The molecule has 6 heteroatoms. The summed E-state index contributed by atoms with van der Waals surface area (Å²) < 4.78 is 26.6. The highest BCUT2D eigenvalue weighted by Crippen LogP contribution is 2.19. The lowest BCUT2D eigenvalue weighted by molar-refractivity contribution is -0.148. The third-order valence-corrected chi connectivity index (χ3v) is 3.85. The molecule has 5 nitrogen and oxygen atoms in total. The Balaban J connectivity index is 2.77. The third-order valence-electron chi connectivity index (χ3n) is 2.13. The Morgan fingerprint density at radius 3 is 2.69 bits per heavy atom. The molecule has 0 bridgehead atoms. The predicted molar refractivity (Wildman–Crippen MR) is 44.8 cm³/mol. The molecule has 0 aromatic heterocycles. The molecule has 1 N–H and O–H groups in total. The lowest BCUT2D eigenvalue weighted by atomic mass is 10.0. The van der Waals surface area contributed by atoms with Crippen LogP contribution in [0.4, 0.5) is 0 Å². The van der Waals surface area contributed by atoms with E-state index < -0.39 is 27.8 Å². The number of carbonyl (C=O) groups excluding carboxylic acids is 1. The summed E-state index contributed by atoms with van der Waals surface area (Å²) in [5.41, 5.74) is 0. The van der Waals surface area contributed by atoms with Crippen LogP contribution in [-0.4, -0.2) is 44.2 Å². The maximum absolute atomic E-state index is 11.1. The van der Waals surface area contributed by atoms with Crippen molar-refractivity contribution in [1.82, 2.24) is 0 Å². The molecule has 0 amide bonds. The first-order valence-electron chi connectivity index (χ1n) is 3.92. The molecule has 1 saturated heterocycles. The zero-order valence-corrected chi connectivity index (χ0v) is 8.08. The van der Waals surface area contributed by atoms with Gasteiger partial charge in [0.15, 0.2) is 9.84 Å². The van der Waals surface area contributed by atoms with Gasteiger partial charge >= 0.3 is 5.97 Å². The Morgan fingerprint density at radius 2 is 2.15 bits per heavy atom. The van der Waals surface area contributed by atoms with Crippen molar-refractivity contribution >= 4 is 15.8 Å². The molecule has 1 fully saturated rings.